The van der Waals surface area contributed by atoms with E-state index in [2.05, 4.69) is 155 Å². The second-order valence-corrected chi connectivity index (χ2v) is 12.4. The van der Waals surface area contributed by atoms with E-state index < -0.39 is 0 Å². The first-order chi connectivity index (χ1) is 21.4. The maximum atomic E-state index is 2.49. The monoisotopic (exact) mass is 564 g/mol. The zero-order chi connectivity index (χ0) is 28.1. The Kier molecular flexibility index (Phi) is 4.63. The molecular weight excluding hydrogens is 541 g/mol. The highest BCUT2D eigenvalue weighted by atomic mass is 32.1. The van der Waals surface area contributed by atoms with Gasteiger partial charge in [-0.25, -0.2) is 0 Å². The van der Waals surface area contributed by atoms with Gasteiger partial charge in [0, 0.05) is 58.5 Å². The molecule has 0 amide bonds. The molecule has 10 rings (SSSR count). The first kappa shape index (κ1) is 23.2. The molecule has 0 atom stereocenters. The molecule has 2 nitrogen and oxygen atoms in total. The number of hydrogen-bond donors (Lipinski definition) is 0. The van der Waals surface area contributed by atoms with Crippen molar-refractivity contribution in [1.82, 2.24) is 9.13 Å². The standard InChI is InChI=1S/C40H24N2S/c1-2-17-30-29(16-1)37-32-19-6-10-23-36(32)43-40(37)38-31-18-5-9-22-35(31)42(39(30)38)26-13-11-12-25(24-26)41-33-20-7-3-14-27(33)28-15-4-8-21-34(28)41/h1-24H. The van der Waals surface area contributed by atoms with Gasteiger partial charge in [0.1, 0.15) is 0 Å². The van der Waals surface area contributed by atoms with Crippen LogP contribution in [0.2, 0.25) is 0 Å². The number of para-hydroxylation sites is 3. The van der Waals surface area contributed by atoms with Crippen LogP contribution in [0.1, 0.15) is 0 Å². The predicted molar refractivity (Wildman–Crippen MR) is 186 cm³/mol. The summed E-state index contributed by atoms with van der Waals surface area (Å²) in [6.45, 7) is 0. The van der Waals surface area contributed by atoms with Gasteiger partial charge in [0.2, 0.25) is 0 Å². The van der Waals surface area contributed by atoms with Crippen LogP contribution >= 0.6 is 11.3 Å². The van der Waals surface area contributed by atoms with E-state index in [-0.39, 0.29) is 0 Å². The Hall–Kier alpha value is -5.38. The van der Waals surface area contributed by atoms with Crippen molar-refractivity contribution in [3.8, 4) is 11.4 Å². The summed E-state index contributed by atoms with van der Waals surface area (Å²) in [4.78, 5) is 0. The number of rotatable bonds is 2. The van der Waals surface area contributed by atoms with Crippen molar-refractivity contribution in [1.29, 1.82) is 0 Å². The van der Waals surface area contributed by atoms with E-state index in [1.807, 2.05) is 11.3 Å². The highest BCUT2D eigenvalue weighted by Gasteiger charge is 2.22. The first-order valence-electron chi connectivity index (χ1n) is 14.7. The van der Waals surface area contributed by atoms with Crippen LogP contribution in [0.5, 0.6) is 0 Å². The van der Waals surface area contributed by atoms with Gasteiger partial charge in [-0.3, -0.25) is 0 Å². The third-order valence-corrected chi connectivity index (χ3v) is 10.3. The number of nitrogens with zero attached hydrogens (tertiary/aromatic N) is 2. The molecule has 0 bridgehead atoms. The van der Waals surface area contributed by atoms with Crippen molar-refractivity contribution in [3.63, 3.8) is 0 Å². The van der Waals surface area contributed by atoms with Crippen molar-refractivity contribution < 1.29 is 0 Å². The fourth-order valence-corrected chi connectivity index (χ4v) is 8.64. The Morgan fingerprint density at radius 3 is 1.58 bits per heavy atom. The van der Waals surface area contributed by atoms with E-state index in [4.69, 9.17) is 0 Å². The molecule has 0 saturated heterocycles. The third-order valence-electron chi connectivity index (χ3n) is 9.07. The summed E-state index contributed by atoms with van der Waals surface area (Å²) < 4.78 is 7.60. The zero-order valence-electron chi connectivity index (χ0n) is 23.2. The van der Waals surface area contributed by atoms with E-state index in [0.29, 0.717) is 0 Å². The molecule has 10 aromatic rings. The van der Waals surface area contributed by atoms with E-state index >= 15 is 0 Å². The van der Waals surface area contributed by atoms with E-state index in [0.717, 1.165) is 11.4 Å². The first-order valence-corrected chi connectivity index (χ1v) is 15.5. The summed E-state index contributed by atoms with van der Waals surface area (Å²) in [6.07, 6.45) is 0. The van der Waals surface area contributed by atoms with Gasteiger partial charge in [0.05, 0.1) is 22.1 Å². The summed E-state index contributed by atoms with van der Waals surface area (Å²) in [7, 11) is 0. The largest absolute Gasteiger partial charge is 0.309 e. The minimum atomic E-state index is 1.16. The molecule has 0 unspecified atom stereocenters. The maximum absolute atomic E-state index is 2.49. The lowest BCUT2D eigenvalue weighted by molar-refractivity contribution is 1.14. The second kappa shape index (κ2) is 8.57. The molecule has 0 saturated carbocycles. The highest BCUT2D eigenvalue weighted by Crippen LogP contribution is 2.48. The normalized spacial score (nSPS) is 12.2. The zero-order valence-corrected chi connectivity index (χ0v) is 24.0. The summed E-state index contributed by atoms with van der Waals surface area (Å²) in [5, 5.41) is 10.5. The molecule has 3 heteroatoms. The van der Waals surface area contributed by atoms with Crippen molar-refractivity contribution in [3.05, 3.63) is 146 Å². The van der Waals surface area contributed by atoms with Crippen molar-refractivity contribution in [2.24, 2.45) is 0 Å². The van der Waals surface area contributed by atoms with Crippen LogP contribution < -0.4 is 0 Å². The number of aromatic nitrogens is 2. The minimum Gasteiger partial charge on any atom is -0.309 e. The third kappa shape index (κ3) is 3.07. The fraction of sp³-hybridized carbons (Fsp3) is 0. The van der Waals surface area contributed by atoms with Crippen LogP contribution in [0, 0.1) is 0 Å². The molecule has 0 fully saturated rings. The topological polar surface area (TPSA) is 9.86 Å². The Labute approximate surface area is 251 Å². The highest BCUT2D eigenvalue weighted by molar-refractivity contribution is 7.27. The van der Waals surface area contributed by atoms with Gasteiger partial charge in [-0.15, -0.1) is 11.3 Å². The van der Waals surface area contributed by atoms with Gasteiger partial charge in [-0.1, -0.05) is 103 Å². The quantitative estimate of drug-likeness (QED) is 0.198. The van der Waals surface area contributed by atoms with Crippen LogP contribution in [-0.2, 0) is 0 Å². The molecule has 0 radical (unpaired) electrons. The predicted octanol–water partition coefficient (Wildman–Crippen LogP) is 11.4. The van der Waals surface area contributed by atoms with Gasteiger partial charge >= 0.3 is 0 Å². The molecule has 200 valence electrons. The van der Waals surface area contributed by atoms with Gasteiger partial charge < -0.3 is 9.13 Å². The lowest BCUT2D eigenvalue weighted by Crippen LogP contribution is -1.99. The van der Waals surface area contributed by atoms with Gasteiger partial charge in [0.25, 0.3) is 0 Å². The van der Waals surface area contributed by atoms with Crippen LogP contribution in [0.3, 0.4) is 0 Å². The van der Waals surface area contributed by atoms with Crippen molar-refractivity contribution in [2.75, 3.05) is 0 Å². The molecule has 43 heavy (non-hydrogen) atoms. The number of benzene rings is 7. The van der Waals surface area contributed by atoms with Gasteiger partial charge in [-0.2, -0.15) is 0 Å². The van der Waals surface area contributed by atoms with Crippen LogP contribution in [0.25, 0.3) is 85.9 Å². The van der Waals surface area contributed by atoms with E-state index in [1.165, 1.54) is 74.6 Å². The van der Waals surface area contributed by atoms with Gasteiger partial charge in [-0.05, 0) is 47.9 Å². The summed E-state index contributed by atoms with van der Waals surface area (Å²) in [5.41, 5.74) is 7.27. The SMILES string of the molecule is c1cc(-n2c3ccccc3c3ccccc32)cc(-n2c3ccccc3c3c4sc5ccccc5c4c4ccccc4c32)c1. The fourth-order valence-electron chi connectivity index (χ4n) is 7.36. The lowest BCUT2D eigenvalue weighted by Gasteiger charge is -2.14. The van der Waals surface area contributed by atoms with E-state index in [9.17, 15) is 0 Å². The molecular formula is C40H24N2S. The number of hydrogen-bond acceptors (Lipinski definition) is 1. The molecule has 0 N–H and O–H groups in total. The molecule has 0 spiro atoms. The number of fused-ring (bicyclic) bond motifs is 13. The van der Waals surface area contributed by atoms with Crippen molar-refractivity contribution >= 4 is 85.9 Å². The van der Waals surface area contributed by atoms with Crippen LogP contribution in [0.4, 0.5) is 0 Å². The second-order valence-electron chi connectivity index (χ2n) is 11.3. The molecule has 0 aliphatic carbocycles. The number of thiophene rings is 1. The average molecular weight is 565 g/mol. The average Bonchev–Trinajstić information content (AvgIpc) is 3.73. The Morgan fingerprint density at radius 2 is 0.884 bits per heavy atom. The molecule has 0 aliphatic rings. The molecule has 3 aromatic heterocycles. The lowest BCUT2D eigenvalue weighted by atomic mass is 10.00. The Morgan fingerprint density at radius 1 is 0.372 bits per heavy atom. The van der Waals surface area contributed by atoms with E-state index in [1.54, 1.807) is 0 Å². The molecule has 3 heterocycles. The Bertz CT molecular complexity index is 2680. The van der Waals surface area contributed by atoms with Crippen molar-refractivity contribution in [2.45, 2.75) is 0 Å². The summed E-state index contributed by atoms with van der Waals surface area (Å²) in [5.74, 6) is 0. The molecule has 7 aromatic carbocycles. The Balaban J connectivity index is 1.37. The van der Waals surface area contributed by atoms with Crippen LogP contribution in [0.15, 0.2) is 146 Å². The van der Waals surface area contributed by atoms with Gasteiger partial charge in [0.15, 0.2) is 0 Å². The smallest absolute Gasteiger partial charge is 0.0634 e. The maximum Gasteiger partial charge on any atom is 0.0634 e. The summed E-state index contributed by atoms with van der Waals surface area (Å²) in [6, 6.07) is 53.2. The van der Waals surface area contributed by atoms with Crippen LogP contribution in [-0.4, -0.2) is 9.13 Å². The summed E-state index contributed by atoms with van der Waals surface area (Å²) >= 11 is 1.92. The minimum absolute atomic E-state index is 1.16. The molecule has 0 aliphatic heterocycles.